The first-order chi connectivity index (χ1) is 6.58. The van der Waals surface area contributed by atoms with Crippen LogP contribution in [0.25, 0.3) is 0 Å². The van der Waals surface area contributed by atoms with Gasteiger partial charge in [-0.15, -0.1) is 0 Å². The largest absolute Gasteiger partial charge is 0.478 e. The second-order valence-corrected chi connectivity index (χ2v) is 3.47. The molecule has 14 heavy (non-hydrogen) atoms. The Hall–Kier alpha value is -1.09. The average molecular weight is 194 g/mol. The molecule has 1 N–H and O–H groups in total. The zero-order valence-electron chi connectivity index (χ0n) is 8.87. The molecule has 0 amide bonds. The van der Waals surface area contributed by atoms with Gasteiger partial charge in [0, 0.05) is 24.2 Å². The van der Waals surface area contributed by atoms with Gasteiger partial charge in [-0.2, -0.15) is 0 Å². The molecule has 1 heterocycles. The highest BCUT2D eigenvalue weighted by molar-refractivity contribution is 5.21. The van der Waals surface area contributed by atoms with Crippen LogP contribution in [0.3, 0.4) is 0 Å². The number of aliphatic hydroxyl groups is 1. The van der Waals surface area contributed by atoms with Crippen LogP contribution < -0.4 is 4.74 Å². The zero-order chi connectivity index (χ0) is 10.6. The predicted molar refractivity (Wildman–Crippen MR) is 54.3 cm³/mol. The average Bonchev–Trinajstić information content (AvgIpc) is 2.01. The van der Waals surface area contributed by atoms with E-state index in [1.54, 1.807) is 6.92 Å². The number of aromatic nitrogens is 1. The van der Waals surface area contributed by atoms with Gasteiger partial charge < -0.3 is 9.84 Å². The monoisotopic (exact) mass is 194 g/mol. The summed E-state index contributed by atoms with van der Waals surface area (Å²) in [5.41, 5.74) is 1.85. The highest BCUT2D eigenvalue weighted by atomic mass is 16.5. The summed E-state index contributed by atoms with van der Waals surface area (Å²) in [6.07, 6.45) is 0.297. The van der Waals surface area contributed by atoms with Crippen molar-refractivity contribution in [3.8, 4) is 5.88 Å². The molecule has 1 aromatic rings. The van der Waals surface area contributed by atoms with Crippen molar-refractivity contribution in [3.05, 3.63) is 23.4 Å². The summed E-state index contributed by atoms with van der Waals surface area (Å²) < 4.78 is 5.39. The molecule has 0 aliphatic rings. The van der Waals surface area contributed by atoms with Crippen LogP contribution in [0.2, 0.25) is 0 Å². The molecular formula is C11H16NO2. The first kappa shape index (κ1) is 11.0. The molecule has 0 spiro atoms. The van der Waals surface area contributed by atoms with Gasteiger partial charge in [-0.05, 0) is 26.3 Å². The number of pyridine rings is 1. The van der Waals surface area contributed by atoms with Gasteiger partial charge in [-0.3, -0.25) is 0 Å². The summed E-state index contributed by atoms with van der Waals surface area (Å²) in [4.78, 5) is 4.17. The quantitative estimate of drug-likeness (QED) is 0.792. The van der Waals surface area contributed by atoms with Crippen LogP contribution in [0.5, 0.6) is 5.88 Å². The van der Waals surface area contributed by atoms with Crippen LogP contribution in [-0.4, -0.2) is 22.8 Å². The van der Waals surface area contributed by atoms with Crippen molar-refractivity contribution < 1.29 is 9.84 Å². The first-order valence-electron chi connectivity index (χ1n) is 4.76. The second kappa shape index (κ2) is 4.96. The van der Waals surface area contributed by atoms with Gasteiger partial charge in [0.15, 0.2) is 0 Å². The Morgan fingerprint density at radius 3 is 2.86 bits per heavy atom. The molecule has 0 bridgehead atoms. The van der Waals surface area contributed by atoms with Gasteiger partial charge in [-0.1, -0.05) is 0 Å². The third-order valence-corrected chi connectivity index (χ3v) is 1.78. The fraction of sp³-hybridized carbons (Fsp3) is 0.545. The Balaban J connectivity index is 2.50. The number of ether oxygens (including phenoxy) is 1. The van der Waals surface area contributed by atoms with Crippen molar-refractivity contribution in [2.75, 3.05) is 6.61 Å². The van der Waals surface area contributed by atoms with Crippen LogP contribution in [0.4, 0.5) is 0 Å². The lowest BCUT2D eigenvalue weighted by Gasteiger charge is -2.07. The normalized spacial score (nSPS) is 12.6. The summed E-state index contributed by atoms with van der Waals surface area (Å²) >= 11 is 0. The van der Waals surface area contributed by atoms with Crippen molar-refractivity contribution >= 4 is 0 Å². The van der Waals surface area contributed by atoms with E-state index in [9.17, 15) is 0 Å². The van der Waals surface area contributed by atoms with Gasteiger partial charge in [0.2, 0.25) is 5.88 Å². The SMILES string of the molecule is Cc1[c]c(C)nc(OCCC(C)O)c1. The molecule has 0 saturated carbocycles. The Morgan fingerprint density at radius 2 is 2.29 bits per heavy atom. The Bertz CT molecular complexity index is 277. The lowest BCUT2D eigenvalue weighted by atomic mass is 10.2. The molecule has 0 fully saturated rings. The van der Waals surface area contributed by atoms with Crippen molar-refractivity contribution in [1.29, 1.82) is 0 Å². The molecule has 0 aliphatic heterocycles. The van der Waals surface area contributed by atoms with E-state index in [2.05, 4.69) is 11.1 Å². The molecule has 1 unspecified atom stereocenters. The molecular weight excluding hydrogens is 178 g/mol. The minimum atomic E-state index is -0.326. The molecule has 1 atom stereocenters. The molecule has 0 saturated heterocycles. The van der Waals surface area contributed by atoms with Crippen LogP contribution in [0.1, 0.15) is 24.6 Å². The van der Waals surface area contributed by atoms with E-state index < -0.39 is 0 Å². The molecule has 1 aromatic heterocycles. The smallest absolute Gasteiger partial charge is 0.213 e. The number of nitrogens with zero attached hydrogens (tertiary/aromatic N) is 1. The minimum Gasteiger partial charge on any atom is -0.478 e. The maximum Gasteiger partial charge on any atom is 0.213 e. The molecule has 1 radical (unpaired) electrons. The molecule has 0 aromatic carbocycles. The Labute approximate surface area is 84.7 Å². The van der Waals surface area contributed by atoms with Gasteiger partial charge in [0.1, 0.15) is 0 Å². The standard InChI is InChI=1S/C11H16NO2/c1-8-6-9(2)12-11(7-8)14-5-4-10(3)13/h7,10,13H,4-5H2,1-3H3. The van der Waals surface area contributed by atoms with E-state index in [0.717, 1.165) is 11.3 Å². The lowest BCUT2D eigenvalue weighted by molar-refractivity contribution is 0.154. The van der Waals surface area contributed by atoms with Gasteiger partial charge >= 0.3 is 0 Å². The van der Waals surface area contributed by atoms with Gasteiger partial charge in [0.25, 0.3) is 0 Å². The third-order valence-electron chi connectivity index (χ3n) is 1.78. The van der Waals surface area contributed by atoms with Crippen molar-refractivity contribution in [3.63, 3.8) is 0 Å². The predicted octanol–water partition coefficient (Wildman–Crippen LogP) is 1.65. The van der Waals surface area contributed by atoms with E-state index in [0.29, 0.717) is 18.9 Å². The number of aliphatic hydroxyl groups excluding tert-OH is 1. The zero-order valence-corrected chi connectivity index (χ0v) is 8.87. The van der Waals surface area contributed by atoms with Gasteiger partial charge in [0.05, 0.1) is 12.7 Å². The molecule has 0 aliphatic carbocycles. The molecule has 3 heteroatoms. The number of rotatable bonds is 4. The summed E-state index contributed by atoms with van der Waals surface area (Å²) in [6, 6.07) is 4.91. The van der Waals surface area contributed by atoms with E-state index >= 15 is 0 Å². The van der Waals surface area contributed by atoms with Crippen molar-refractivity contribution in [2.24, 2.45) is 0 Å². The maximum atomic E-state index is 9.03. The fourth-order valence-electron chi connectivity index (χ4n) is 1.14. The Kier molecular flexibility index (Phi) is 3.89. The molecule has 1 rings (SSSR count). The van der Waals surface area contributed by atoms with E-state index in [1.165, 1.54) is 0 Å². The van der Waals surface area contributed by atoms with E-state index in [4.69, 9.17) is 9.84 Å². The third kappa shape index (κ3) is 3.75. The lowest BCUT2D eigenvalue weighted by Crippen LogP contribution is -2.08. The molecule has 3 nitrogen and oxygen atoms in total. The van der Waals surface area contributed by atoms with Crippen molar-refractivity contribution in [2.45, 2.75) is 33.3 Å². The first-order valence-corrected chi connectivity index (χ1v) is 4.76. The van der Waals surface area contributed by atoms with Crippen LogP contribution >= 0.6 is 0 Å². The maximum absolute atomic E-state index is 9.03. The summed E-state index contributed by atoms with van der Waals surface area (Å²) in [5, 5.41) is 9.03. The number of hydrogen-bond acceptors (Lipinski definition) is 3. The number of hydrogen-bond donors (Lipinski definition) is 1. The molecule has 77 valence electrons. The second-order valence-electron chi connectivity index (χ2n) is 3.47. The Morgan fingerprint density at radius 1 is 1.57 bits per heavy atom. The summed E-state index contributed by atoms with van der Waals surface area (Å²) in [6.45, 7) is 6.07. The minimum absolute atomic E-state index is 0.326. The topological polar surface area (TPSA) is 42.4 Å². The van der Waals surface area contributed by atoms with Crippen LogP contribution in [0.15, 0.2) is 6.07 Å². The highest BCUT2D eigenvalue weighted by Crippen LogP contribution is 2.11. The van der Waals surface area contributed by atoms with Gasteiger partial charge in [-0.25, -0.2) is 4.98 Å². The summed E-state index contributed by atoms with van der Waals surface area (Å²) in [5.74, 6) is 0.611. The fourth-order valence-corrected chi connectivity index (χ4v) is 1.14. The van der Waals surface area contributed by atoms with Crippen LogP contribution in [0, 0.1) is 19.9 Å². The summed E-state index contributed by atoms with van der Waals surface area (Å²) in [7, 11) is 0. The van der Waals surface area contributed by atoms with Crippen LogP contribution in [-0.2, 0) is 0 Å². The highest BCUT2D eigenvalue weighted by Gasteiger charge is 2.00. The number of aryl methyl sites for hydroxylation is 2. The van der Waals surface area contributed by atoms with E-state index in [1.807, 2.05) is 19.9 Å². The van der Waals surface area contributed by atoms with Crippen molar-refractivity contribution in [1.82, 2.24) is 4.98 Å². The van der Waals surface area contributed by atoms with E-state index in [-0.39, 0.29) is 6.10 Å².